The van der Waals surface area contributed by atoms with Gasteiger partial charge in [0.2, 0.25) is 17.7 Å². The first-order valence-corrected chi connectivity index (χ1v) is 14.3. The molecule has 230 valence electrons. The van der Waals surface area contributed by atoms with Gasteiger partial charge in [-0.05, 0) is 81.3 Å². The van der Waals surface area contributed by atoms with E-state index in [9.17, 15) is 29.4 Å². The van der Waals surface area contributed by atoms with Crippen LogP contribution in [0, 0.1) is 0 Å². The molecule has 12 nitrogen and oxygen atoms in total. The minimum Gasteiger partial charge on any atom is -0.508 e. The summed E-state index contributed by atoms with van der Waals surface area (Å²) in [5, 5.41) is 27.2. The molecular weight excluding hydrogens is 540 g/mol. The summed E-state index contributed by atoms with van der Waals surface area (Å²) in [4.78, 5) is 51.6. The zero-order chi connectivity index (χ0) is 30.9. The predicted molar refractivity (Wildman–Crippen MR) is 159 cm³/mol. The van der Waals surface area contributed by atoms with Gasteiger partial charge in [-0.3, -0.25) is 14.4 Å². The number of nitrogens with two attached hydrogens (primary N) is 3. The lowest BCUT2D eigenvalue weighted by molar-refractivity contribution is -0.142. The smallest absolute Gasteiger partial charge is 0.326 e. The highest BCUT2D eigenvalue weighted by Gasteiger charge is 2.30. The number of nitrogens with one attached hydrogen (secondary N) is 3. The van der Waals surface area contributed by atoms with Crippen molar-refractivity contribution in [3.8, 4) is 5.75 Å². The maximum absolute atomic E-state index is 13.6. The normalized spacial score (nSPS) is 13.8. The highest BCUT2D eigenvalue weighted by atomic mass is 16.4. The third-order valence-corrected chi connectivity index (χ3v) is 6.79. The van der Waals surface area contributed by atoms with Crippen molar-refractivity contribution in [3.63, 3.8) is 0 Å². The number of carbonyl (C=O) groups excluding carboxylic acids is 3. The second kappa shape index (κ2) is 18.4. The molecule has 42 heavy (non-hydrogen) atoms. The molecule has 0 aromatic heterocycles. The number of unbranched alkanes of at least 4 members (excludes halogenated alkanes) is 2. The Hall–Kier alpha value is -4.00. The quantitative estimate of drug-likeness (QED) is 0.106. The van der Waals surface area contributed by atoms with Crippen molar-refractivity contribution in [3.05, 3.63) is 65.7 Å². The number of phenols is 1. The van der Waals surface area contributed by atoms with E-state index in [-0.39, 0.29) is 31.4 Å². The van der Waals surface area contributed by atoms with Crippen LogP contribution < -0.4 is 33.2 Å². The van der Waals surface area contributed by atoms with Gasteiger partial charge in [0.25, 0.3) is 0 Å². The molecule has 2 aromatic rings. The van der Waals surface area contributed by atoms with Crippen molar-refractivity contribution in [1.29, 1.82) is 0 Å². The van der Waals surface area contributed by atoms with E-state index in [1.807, 2.05) is 30.3 Å². The summed E-state index contributed by atoms with van der Waals surface area (Å²) in [6, 6.07) is 11.2. The van der Waals surface area contributed by atoms with Gasteiger partial charge in [0, 0.05) is 6.42 Å². The topological polar surface area (TPSA) is 223 Å². The molecule has 0 radical (unpaired) electrons. The Kier molecular flexibility index (Phi) is 15.0. The van der Waals surface area contributed by atoms with Crippen molar-refractivity contribution in [2.24, 2.45) is 17.2 Å². The Morgan fingerprint density at radius 3 is 1.71 bits per heavy atom. The molecule has 0 heterocycles. The lowest BCUT2D eigenvalue weighted by Crippen LogP contribution is -2.57. The molecule has 4 unspecified atom stereocenters. The van der Waals surface area contributed by atoms with E-state index in [4.69, 9.17) is 17.2 Å². The fourth-order valence-corrected chi connectivity index (χ4v) is 4.37. The molecule has 0 bridgehead atoms. The van der Waals surface area contributed by atoms with Gasteiger partial charge in [-0.2, -0.15) is 0 Å². The number of carboxylic acids is 1. The van der Waals surface area contributed by atoms with Gasteiger partial charge in [-0.15, -0.1) is 0 Å². The number of hydrogen-bond donors (Lipinski definition) is 8. The molecule has 0 saturated heterocycles. The molecule has 0 aliphatic carbocycles. The van der Waals surface area contributed by atoms with E-state index in [2.05, 4.69) is 16.0 Å². The lowest BCUT2D eigenvalue weighted by Gasteiger charge is -2.25. The highest BCUT2D eigenvalue weighted by Crippen LogP contribution is 2.13. The van der Waals surface area contributed by atoms with Crippen LogP contribution in [0.3, 0.4) is 0 Å². The number of carbonyl (C=O) groups is 4. The molecular formula is C30H44N6O6. The van der Waals surface area contributed by atoms with Crippen molar-refractivity contribution < 1.29 is 29.4 Å². The molecule has 2 aromatic carbocycles. The number of aromatic hydroxyl groups is 1. The standard InChI is InChI=1S/C30H44N6O6/c31-16-6-4-10-24(28(39)35-25(30(41)42)11-5-7-17-32)34-29(40)26(19-21-12-14-22(37)15-13-21)36-27(38)23(33)18-20-8-2-1-3-9-20/h1-3,8-9,12-15,23-26,37H,4-7,10-11,16-19,31-33H2,(H,34,40)(H,35,39)(H,36,38)(H,41,42). The molecule has 4 atom stereocenters. The molecule has 2 rings (SSSR count). The van der Waals surface area contributed by atoms with E-state index < -0.39 is 47.9 Å². The summed E-state index contributed by atoms with van der Waals surface area (Å²) in [5.41, 5.74) is 18.8. The number of phenolic OH excluding ortho intramolecular Hbond substituents is 1. The van der Waals surface area contributed by atoms with Crippen LogP contribution in [-0.4, -0.2) is 71.2 Å². The van der Waals surface area contributed by atoms with E-state index in [0.29, 0.717) is 44.3 Å². The number of aliphatic carboxylic acids is 1. The maximum Gasteiger partial charge on any atom is 0.326 e. The van der Waals surface area contributed by atoms with Crippen LogP contribution in [0.1, 0.15) is 49.7 Å². The molecule has 0 spiro atoms. The average Bonchev–Trinajstić information content (AvgIpc) is 2.97. The minimum absolute atomic E-state index is 0.0461. The van der Waals surface area contributed by atoms with Gasteiger partial charge in [0.05, 0.1) is 6.04 Å². The fraction of sp³-hybridized carbons (Fsp3) is 0.467. The lowest BCUT2D eigenvalue weighted by atomic mass is 10.0. The van der Waals surface area contributed by atoms with Gasteiger partial charge in [0.15, 0.2) is 0 Å². The SMILES string of the molecule is NCCCCC(NC(=O)C(CCCCN)NC(=O)C(Cc1ccc(O)cc1)NC(=O)C(N)Cc1ccccc1)C(=O)O. The van der Waals surface area contributed by atoms with Gasteiger partial charge >= 0.3 is 5.97 Å². The van der Waals surface area contributed by atoms with Crippen LogP contribution in [0.5, 0.6) is 5.75 Å². The van der Waals surface area contributed by atoms with E-state index in [0.717, 1.165) is 5.56 Å². The largest absolute Gasteiger partial charge is 0.508 e. The average molecular weight is 585 g/mol. The second-order valence-corrected chi connectivity index (χ2v) is 10.3. The summed E-state index contributed by atoms with van der Waals surface area (Å²) in [5.74, 6) is -2.96. The monoisotopic (exact) mass is 584 g/mol. The fourth-order valence-electron chi connectivity index (χ4n) is 4.37. The Morgan fingerprint density at radius 1 is 0.643 bits per heavy atom. The molecule has 11 N–H and O–H groups in total. The first-order valence-electron chi connectivity index (χ1n) is 14.3. The summed E-state index contributed by atoms with van der Waals surface area (Å²) in [6.45, 7) is 0.791. The van der Waals surface area contributed by atoms with Crippen molar-refractivity contribution in [2.75, 3.05) is 13.1 Å². The minimum atomic E-state index is -1.18. The third kappa shape index (κ3) is 12.2. The predicted octanol–water partition coefficient (Wildman–Crippen LogP) is 0.302. The molecule has 0 saturated carbocycles. The molecule has 0 fully saturated rings. The summed E-state index contributed by atoms with van der Waals surface area (Å²) in [7, 11) is 0. The van der Waals surface area contributed by atoms with Crippen LogP contribution in [0.25, 0.3) is 0 Å². The number of hydrogen-bond acceptors (Lipinski definition) is 8. The number of rotatable bonds is 19. The van der Waals surface area contributed by atoms with Gasteiger partial charge in [0.1, 0.15) is 23.9 Å². The van der Waals surface area contributed by atoms with E-state index in [1.54, 1.807) is 12.1 Å². The first-order chi connectivity index (χ1) is 20.1. The maximum atomic E-state index is 13.6. The second-order valence-electron chi connectivity index (χ2n) is 10.3. The highest BCUT2D eigenvalue weighted by molar-refractivity contribution is 5.94. The molecule has 3 amide bonds. The Morgan fingerprint density at radius 2 is 1.14 bits per heavy atom. The van der Waals surface area contributed by atoms with Crippen LogP contribution in [0.4, 0.5) is 0 Å². The van der Waals surface area contributed by atoms with Crippen molar-refractivity contribution >= 4 is 23.7 Å². The van der Waals surface area contributed by atoms with Gasteiger partial charge < -0.3 is 43.4 Å². The van der Waals surface area contributed by atoms with Crippen LogP contribution in [-0.2, 0) is 32.0 Å². The summed E-state index contributed by atoms with van der Waals surface area (Å²) in [6.07, 6.45) is 2.97. The zero-order valence-corrected chi connectivity index (χ0v) is 23.8. The Bertz CT molecular complexity index is 1130. The molecule has 12 heteroatoms. The Balaban J connectivity index is 2.21. The number of amides is 3. The van der Waals surface area contributed by atoms with Crippen LogP contribution in [0.2, 0.25) is 0 Å². The van der Waals surface area contributed by atoms with Crippen LogP contribution >= 0.6 is 0 Å². The van der Waals surface area contributed by atoms with Crippen LogP contribution in [0.15, 0.2) is 54.6 Å². The number of benzene rings is 2. The van der Waals surface area contributed by atoms with Gasteiger partial charge in [-0.1, -0.05) is 42.5 Å². The van der Waals surface area contributed by atoms with Crippen molar-refractivity contribution in [1.82, 2.24) is 16.0 Å². The number of carboxylic acid groups (broad SMARTS) is 1. The first kappa shape index (κ1) is 34.2. The molecule has 0 aliphatic rings. The Labute approximate surface area is 246 Å². The van der Waals surface area contributed by atoms with Crippen molar-refractivity contribution in [2.45, 2.75) is 75.5 Å². The molecule has 0 aliphatic heterocycles. The zero-order valence-electron chi connectivity index (χ0n) is 23.8. The van der Waals surface area contributed by atoms with E-state index in [1.165, 1.54) is 12.1 Å². The summed E-state index contributed by atoms with van der Waals surface area (Å²) < 4.78 is 0. The van der Waals surface area contributed by atoms with Gasteiger partial charge in [-0.25, -0.2) is 4.79 Å². The third-order valence-electron chi connectivity index (χ3n) is 6.79. The summed E-state index contributed by atoms with van der Waals surface area (Å²) >= 11 is 0. The van der Waals surface area contributed by atoms with E-state index >= 15 is 0 Å².